The first-order valence-electron chi connectivity index (χ1n) is 6.65. The molecule has 3 aromatic rings. The summed E-state index contributed by atoms with van der Waals surface area (Å²) in [6, 6.07) is 20.8. The summed E-state index contributed by atoms with van der Waals surface area (Å²) in [4.78, 5) is 7.31. The Morgan fingerprint density at radius 3 is 2.00 bits per heavy atom. The van der Waals surface area contributed by atoms with E-state index in [1.807, 2.05) is 12.1 Å². The van der Waals surface area contributed by atoms with Crippen LogP contribution in [0.4, 0.5) is 0 Å². The molecule has 0 bridgehead atoms. The molecule has 0 fully saturated rings. The van der Waals surface area contributed by atoms with Gasteiger partial charge < -0.3 is 4.98 Å². The minimum atomic E-state index is 0.171. The third kappa shape index (κ3) is 3.40. The van der Waals surface area contributed by atoms with E-state index in [4.69, 9.17) is 12.2 Å². The average Bonchev–Trinajstić information content (AvgIpc) is 3.09. The van der Waals surface area contributed by atoms with Gasteiger partial charge in [-0.3, -0.25) is 0 Å². The van der Waals surface area contributed by atoms with Crippen LogP contribution in [0, 0.1) is 0 Å². The Morgan fingerprint density at radius 2 is 1.52 bits per heavy atom. The van der Waals surface area contributed by atoms with Crippen LogP contribution in [-0.2, 0) is 0 Å². The van der Waals surface area contributed by atoms with Crippen LogP contribution in [-0.4, -0.2) is 14.2 Å². The first-order valence-corrected chi connectivity index (χ1v) is 7.93. The Labute approximate surface area is 133 Å². The van der Waals surface area contributed by atoms with Gasteiger partial charge in [0.1, 0.15) is 4.20 Å². The van der Waals surface area contributed by atoms with Gasteiger partial charge in [-0.25, -0.2) is 4.98 Å². The van der Waals surface area contributed by atoms with E-state index in [1.165, 1.54) is 11.1 Å². The number of imidazole rings is 1. The molecule has 0 saturated carbocycles. The molecular formula is C17H14N2S2. The van der Waals surface area contributed by atoms with Gasteiger partial charge in [-0.05, 0) is 11.1 Å². The van der Waals surface area contributed by atoms with Gasteiger partial charge in [0, 0.05) is 12.4 Å². The zero-order chi connectivity index (χ0) is 14.5. The summed E-state index contributed by atoms with van der Waals surface area (Å²) < 4.78 is 0.776. The third-order valence-electron chi connectivity index (χ3n) is 3.12. The molecule has 3 rings (SSSR count). The largest absolute Gasteiger partial charge is 0.343 e. The number of aromatic nitrogens is 2. The number of nitrogens with one attached hydrogen (secondary N) is 1. The molecule has 0 atom stereocenters. The van der Waals surface area contributed by atoms with E-state index in [-0.39, 0.29) is 5.25 Å². The van der Waals surface area contributed by atoms with E-state index in [2.05, 4.69) is 58.5 Å². The maximum Gasteiger partial charge on any atom is 0.154 e. The predicted molar refractivity (Wildman–Crippen MR) is 92.6 cm³/mol. The van der Waals surface area contributed by atoms with Crippen molar-refractivity contribution < 1.29 is 0 Å². The van der Waals surface area contributed by atoms with E-state index in [9.17, 15) is 0 Å². The average molecular weight is 310 g/mol. The van der Waals surface area contributed by atoms with Crippen LogP contribution in [0.15, 0.2) is 73.1 Å². The molecule has 1 aromatic heterocycles. The van der Waals surface area contributed by atoms with Crippen molar-refractivity contribution in [1.82, 2.24) is 9.97 Å². The van der Waals surface area contributed by atoms with Crippen molar-refractivity contribution in [2.75, 3.05) is 0 Å². The van der Waals surface area contributed by atoms with Gasteiger partial charge in [-0.1, -0.05) is 84.6 Å². The minimum Gasteiger partial charge on any atom is -0.343 e. The number of rotatable bonds is 4. The van der Waals surface area contributed by atoms with Gasteiger partial charge in [0.15, 0.2) is 5.82 Å². The second-order valence-corrected chi connectivity index (χ2v) is 6.33. The van der Waals surface area contributed by atoms with Crippen molar-refractivity contribution >= 4 is 28.2 Å². The summed E-state index contributed by atoms with van der Waals surface area (Å²) >= 11 is 7.17. The minimum absolute atomic E-state index is 0.171. The highest BCUT2D eigenvalue weighted by molar-refractivity contribution is 8.23. The van der Waals surface area contributed by atoms with Crippen LogP contribution in [0.25, 0.3) is 0 Å². The maximum absolute atomic E-state index is 5.52. The molecule has 1 N–H and O–H groups in total. The molecule has 104 valence electrons. The molecule has 2 aromatic carbocycles. The maximum atomic E-state index is 5.52. The summed E-state index contributed by atoms with van der Waals surface area (Å²) in [6.07, 6.45) is 3.52. The van der Waals surface area contributed by atoms with Crippen molar-refractivity contribution in [2.45, 2.75) is 5.25 Å². The van der Waals surface area contributed by atoms with Crippen molar-refractivity contribution in [3.63, 3.8) is 0 Å². The van der Waals surface area contributed by atoms with Gasteiger partial charge in [0.25, 0.3) is 0 Å². The van der Waals surface area contributed by atoms with Crippen LogP contribution in [0.5, 0.6) is 0 Å². The van der Waals surface area contributed by atoms with Crippen LogP contribution in [0.2, 0.25) is 0 Å². The lowest BCUT2D eigenvalue weighted by molar-refractivity contribution is 1.16. The van der Waals surface area contributed by atoms with E-state index < -0.39 is 0 Å². The van der Waals surface area contributed by atoms with E-state index in [0.717, 1.165) is 10.0 Å². The molecule has 4 heteroatoms. The molecule has 21 heavy (non-hydrogen) atoms. The molecule has 0 radical (unpaired) electrons. The quantitative estimate of drug-likeness (QED) is 0.714. The number of thiocarbonyl (C=S) groups is 1. The van der Waals surface area contributed by atoms with E-state index in [0.29, 0.717) is 0 Å². The highest BCUT2D eigenvalue weighted by Gasteiger charge is 2.18. The monoisotopic (exact) mass is 310 g/mol. The SMILES string of the molecule is S=C(SC(c1ccccc1)c1ccccc1)c1ncc[nH]1. The molecule has 1 heterocycles. The Hall–Kier alpha value is -1.91. The number of thioether (sulfide) groups is 1. The highest BCUT2D eigenvalue weighted by atomic mass is 32.2. The van der Waals surface area contributed by atoms with Crippen LogP contribution in [0.3, 0.4) is 0 Å². The highest BCUT2D eigenvalue weighted by Crippen LogP contribution is 2.37. The normalized spacial score (nSPS) is 10.7. The summed E-state index contributed by atoms with van der Waals surface area (Å²) in [6.45, 7) is 0. The molecule has 0 aliphatic rings. The Morgan fingerprint density at radius 1 is 0.952 bits per heavy atom. The summed E-state index contributed by atoms with van der Waals surface area (Å²) in [7, 11) is 0. The number of H-pyrrole nitrogens is 1. The Kier molecular flexibility index (Phi) is 4.48. The molecule has 0 unspecified atom stereocenters. The number of hydrogen-bond donors (Lipinski definition) is 1. The fraction of sp³-hybridized carbons (Fsp3) is 0.0588. The first kappa shape index (κ1) is 14.0. The van der Waals surface area contributed by atoms with Gasteiger partial charge in [0.2, 0.25) is 0 Å². The van der Waals surface area contributed by atoms with Gasteiger partial charge >= 0.3 is 0 Å². The number of hydrogen-bond acceptors (Lipinski definition) is 3. The van der Waals surface area contributed by atoms with Crippen LogP contribution in [0.1, 0.15) is 22.2 Å². The van der Waals surface area contributed by atoms with Crippen LogP contribution < -0.4 is 0 Å². The fourth-order valence-corrected chi connectivity index (χ4v) is 3.55. The van der Waals surface area contributed by atoms with Gasteiger partial charge in [-0.15, -0.1) is 0 Å². The molecular weight excluding hydrogens is 296 g/mol. The predicted octanol–water partition coefficient (Wildman–Crippen LogP) is 4.61. The van der Waals surface area contributed by atoms with E-state index in [1.54, 1.807) is 24.2 Å². The molecule has 0 aliphatic carbocycles. The molecule has 0 aliphatic heterocycles. The number of nitrogens with zero attached hydrogens (tertiary/aromatic N) is 1. The number of benzene rings is 2. The van der Waals surface area contributed by atoms with Crippen molar-refractivity contribution in [2.24, 2.45) is 0 Å². The zero-order valence-electron chi connectivity index (χ0n) is 11.3. The standard InChI is InChI=1S/C17H14N2S2/c20-17(16-18-11-12-19-16)21-15(13-7-3-1-4-8-13)14-9-5-2-6-10-14/h1-12,15H,(H,18,19). The lowest BCUT2D eigenvalue weighted by atomic mass is 10.0. The van der Waals surface area contributed by atoms with Crippen molar-refractivity contribution in [3.05, 3.63) is 90.0 Å². The van der Waals surface area contributed by atoms with E-state index >= 15 is 0 Å². The Balaban J connectivity index is 1.92. The first-order chi connectivity index (χ1) is 10.3. The summed E-state index contributed by atoms with van der Waals surface area (Å²) in [5.74, 6) is 0.756. The van der Waals surface area contributed by atoms with Crippen molar-refractivity contribution in [1.29, 1.82) is 0 Å². The lowest BCUT2D eigenvalue weighted by Gasteiger charge is -2.17. The lowest BCUT2D eigenvalue weighted by Crippen LogP contribution is -2.03. The third-order valence-corrected chi connectivity index (χ3v) is 4.79. The van der Waals surface area contributed by atoms with Gasteiger partial charge in [-0.2, -0.15) is 0 Å². The molecule has 0 saturated heterocycles. The fourth-order valence-electron chi connectivity index (χ4n) is 2.12. The molecule has 0 spiro atoms. The van der Waals surface area contributed by atoms with Crippen LogP contribution >= 0.6 is 24.0 Å². The zero-order valence-corrected chi connectivity index (χ0v) is 12.9. The Bertz CT molecular complexity index is 655. The second-order valence-electron chi connectivity index (χ2n) is 4.54. The summed E-state index contributed by atoms with van der Waals surface area (Å²) in [5.41, 5.74) is 2.48. The molecule has 0 amide bonds. The number of aromatic amines is 1. The van der Waals surface area contributed by atoms with Gasteiger partial charge in [0.05, 0.1) is 5.25 Å². The topological polar surface area (TPSA) is 28.7 Å². The second kappa shape index (κ2) is 6.70. The molecule has 2 nitrogen and oxygen atoms in total. The summed E-state index contributed by atoms with van der Waals surface area (Å²) in [5, 5.41) is 0.171. The smallest absolute Gasteiger partial charge is 0.154 e. The van der Waals surface area contributed by atoms with Crippen molar-refractivity contribution in [3.8, 4) is 0 Å².